The van der Waals surface area contributed by atoms with Gasteiger partial charge in [-0.05, 0) is 30.5 Å². The van der Waals surface area contributed by atoms with Gasteiger partial charge in [0.05, 0.1) is 10.4 Å². The van der Waals surface area contributed by atoms with Crippen LogP contribution in [-0.2, 0) is 21.6 Å². The summed E-state index contributed by atoms with van der Waals surface area (Å²) >= 11 is 0. The Bertz CT molecular complexity index is 809. The fraction of sp³-hybridized carbons (Fsp3) is 0.357. The Kier molecular flexibility index (Phi) is 2.69. The molecule has 20 heavy (non-hydrogen) atoms. The molecule has 1 aliphatic rings. The average molecular weight is 292 g/mol. The van der Waals surface area contributed by atoms with Crippen molar-refractivity contribution >= 4 is 9.84 Å². The molecule has 0 aliphatic heterocycles. The Hall–Kier alpha value is -1.82. The molecule has 0 bridgehead atoms. The fourth-order valence-corrected chi connectivity index (χ4v) is 3.98. The van der Waals surface area contributed by atoms with Crippen LogP contribution in [0.1, 0.15) is 18.4 Å². The molecule has 0 radical (unpaired) electrons. The Labute approximate surface area is 117 Å². The van der Waals surface area contributed by atoms with E-state index in [1.807, 2.05) is 12.1 Å². The average Bonchev–Trinajstić information content (AvgIpc) is 3.14. The largest absolute Gasteiger partial charge is 0.332 e. The van der Waals surface area contributed by atoms with Gasteiger partial charge in [-0.2, -0.15) is 0 Å². The van der Waals surface area contributed by atoms with Gasteiger partial charge in [0.15, 0.2) is 9.84 Å². The summed E-state index contributed by atoms with van der Waals surface area (Å²) in [4.78, 5) is 11.9. The lowest BCUT2D eigenvalue weighted by Crippen LogP contribution is -2.21. The summed E-state index contributed by atoms with van der Waals surface area (Å²) in [5.41, 5.74) is 1.43. The summed E-state index contributed by atoms with van der Waals surface area (Å²) < 4.78 is 26.1. The van der Waals surface area contributed by atoms with Gasteiger partial charge in [-0.15, -0.1) is 0 Å². The van der Waals surface area contributed by atoms with Crippen LogP contribution in [0, 0.1) is 0 Å². The summed E-state index contributed by atoms with van der Waals surface area (Å²) in [5, 5.41) is 0. The van der Waals surface area contributed by atoms with Gasteiger partial charge in [0.1, 0.15) is 0 Å². The summed E-state index contributed by atoms with van der Waals surface area (Å²) in [6, 6.07) is 7.20. The van der Waals surface area contributed by atoms with Crippen LogP contribution in [0.2, 0.25) is 0 Å². The molecule has 1 saturated carbocycles. The van der Waals surface area contributed by atoms with Gasteiger partial charge < -0.3 is 4.57 Å². The highest BCUT2D eigenvalue weighted by Crippen LogP contribution is 2.52. The highest BCUT2D eigenvalue weighted by molar-refractivity contribution is 7.92. The van der Waals surface area contributed by atoms with Crippen molar-refractivity contribution in [1.29, 1.82) is 0 Å². The van der Waals surface area contributed by atoms with Crippen LogP contribution in [0.25, 0.3) is 5.69 Å². The first-order valence-electron chi connectivity index (χ1n) is 6.40. The summed E-state index contributed by atoms with van der Waals surface area (Å²) in [6.07, 6.45) is 6.03. The highest BCUT2D eigenvalue weighted by Gasteiger charge is 2.53. The van der Waals surface area contributed by atoms with Crippen molar-refractivity contribution in [2.75, 3.05) is 6.26 Å². The number of nitrogens with zero attached hydrogens (tertiary/aromatic N) is 2. The number of rotatable bonds is 3. The summed E-state index contributed by atoms with van der Waals surface area (Å²) in [6.45, 7) is 0. The van der Waals surface area contributed by atoms with E-state index in [1.54, 1.807) is 31.6 Å². The molecule has 5 nitrogen and oxygen atoms in total. The smallest absolute Gasteiger partial charge is 0.302 e. The van der Waals surface area contributed by atoms with Crippen molar-refractivity contribution in [1.82, 2.24) is 9.13 Å². The third-order valence-electron chi connectivity index (χ3n) is 4.03. The lowest BCUT2D eigenvalue weighted by molar-refractivity contribution is 0.586. The Morgan fingerprint density at radius 2 is 1.70 bits per heavy atom. The summed E-state index contributed by atoms with van der Waals surface area (Å²) in [7, 11) is -1.41. The quantitative estimate of drug-likeness (QED) is 0.854. The summed E-state index contributed by atoms with van der Waals surface area (Å²) in [5.74, 6) is 0. The monoisotopic (exact) mass is 292 g/mol. The number of aromatic nitrogens is 2. The second-order valence-electron chi connectivity index (χ2n) is 5.37. The van der Waals surface area contributed by atoms with E-state index in [4.69, 9.17) is 0 Å². The molecule has 1 heterocycles. The maximum absolute atomic E-state index is 11.9. The van der Waals surface area contributed by atoms with Gasteiger partial charge in [0, 0.05) is 25.7 Å². The minimum absolute atomic E-state index is 0.123. The van der Waals surface area contributed by atoms with Crippen molar-refractivity contribution in [2.24, 2.45) is 7.05 Å². The molecule has 3 rings (SSSR count). The molecular formula is C14H16N2O3S. The van der Waals surface area contributed by atoms with Gasteiger partial charge in [0.25, 0.3) is 0 Å². The van der Waals surface area contributed by atoms with E-state index in [-0.39, 0.29) is 5.69 Å². The molecule has 1 aliphatic carbocycles. The Morgan fingerprint density at radius 3 is 2.10 bits per heavy atom. The number of hydrogen-bond acceptors (Lipinski definition) is 3. The molecule has 1 fully saturated rings. The predicted octanol–water partition coefficient (Wildman–Crippen LogP) is 1.21. The van der Waals surface area contributed by atoms with Gasteiger partial charge >= 0.3 is 5.69 Å². The van der Waals surface area contributed by atoms with Gasteiger partial charge in [0.2, 0.25) is 0 Å². The lowest BCUT2D eigenvalue weighted by Gasteiger charge is -2.14. The van der Waals surface area contributed by atoms with Gasteiger partial charge in [-0.25, -0.2) is 13.2 Å². The molecule has 0 saturated heterocycles. The molecule has 0 spiro atoms. The third kappa shape index (κ3) is 1.83. The van der Waals surface area contributed by atoms with E-state index in [1.165, 1.54) is 15.4 Å². The van der Waals surface area contributed by atoms with Crippen LogP contribution in [0.4, 0.5) is 0 Å². The van der Waals surface area contributed by atoms with Crippen LogP contribution in [0.15, 0.2) is 41.5 Å². The van der Waals surface area contributed by atoms with E-state index in [0.29, 0.717) is 12.8 Å². The zero-order valence-corrected chi connectivity index (χ0v) is 12.2. The zero-order chi connectivity index (χ0) is 14.5. The van der Waals surface area contributed by atoms with Gasteiger partial charge in [-0.3, -0.25) is 4.57 Å². The third-order valence-corrected chi connectivity index (χ3v) is 6.10. The Morgan fingerprint density at radius 1 is 1.10 bits per heavy atom. The van der Waals surface area contributed by atoms with E-state index < -0.39 is 14.6 Å². The van der Waals surface area contributed by atoms with Crippen LogP contribution >= 0.6 is 0 Å². The lowest BCUT2D eigenvalue weighted by atomic mass is 10.1. The number of benzene rings is 1. The SMILES string of the molecule is Cn1ccn(-c2ccc(C3(S(C)(=O)=O)CC3)cc2)c1=O. The molecule has 0 N–H and O–H groups in total. The minimum Gasteiger partial charge on any atom is -0.302 e. The normalized spacial score (nSPS) is 17.1. The molecule has 0 unspecified atom stereocenters. The minimum atomic E-state index is -3.10. The van der Waals surface area contributed by atoms with Crippen LogP contribution in [0.3, 0.4) is 0 Å². The fourth-order valence-electron chi connectivity index (χ4n) is 2.57. The first-order valence-corrected chi connectivity index (χ1v) is 8.29. The first-order chi connectivity index (χ1) is 9.35. The molecule has 0 amide bonds. The molecule has 106 valence electrons. The van der Waals surface area contributed by atoms with Crippen LogP contribution in [0.5, 0.6) is 0 Å². The standard InChI is InChI=1S/C14H16N2O3S/c1-15-9-10-16(13(15)17)12-5-3-11(4-6-12)14(7-8-14)20(2,18)19/h3-6,9-10H,7-8H2,1-2H3. The van der Waals surface area contributed by atoms with Crippen molar-refractivity contribution in [2.45, 2.75) is 17.6 Å². The second-order valence-corrected chi connectivity index (χ2v) is 7.70. The van der Waals surface area contributed by atoms with Crippen molar-refractivity contribution in [3.8, 4) is 5.69 Å². The zero-order valence-electron chi connectivity index (χ0n) is 11.4. The van der Waals surface area contributed by atoms with E-state index in [2.05, 4.69) is 0 Å². The highest BCUT2D eigenvalue weighted by atomic mass is 32.2. The molecule has 2 aromatic rings. The maximum Gasteiger partial charge on any atom is 0.332 e. The van der Waals surface area contributed by atoms with Crippen LogP contribution in [-0.4, -0.2) is 23.8 Å². The van der Waals surface area contributed by atoms with Crippen molar-refractivity contribution in [3.63, 3.8) is 0 Å². The number of sulfone groups is 1. The predicted molar refractivity (Wildman–Crippen MR) is 76.8 cm³/mol. The number of imidazole rings is 1. The molecule has 6 heteroatoms. The van der Waals surface area contributed by atoms with E-state index in [9.17, 15) is 13.2 Å². The number of aryl methyl sites for hydroxylation is 1. The van der Waals surface area contributed by atoms with E-state index >= 15 is 0 Å². The van der Waals surface area contributed by atoms with Gasteiger partial charge in [-0.1, -0.05) is 12.1 Å². The Balaban J connectivity index is 2.01. The second kappa shape index (κ2) is 4.09. The molecule has 1 aromatic carbocycles. The van der Waals surface area contributed by atoms with Crippen molar-refractivity contribution < 1.29 is 8.42 Å². The van der Waals surface area contributed by atoms with E-state index in [0.717, 1.165) is 11.3 Å². The molecule has 0 atom stereocenters. The maximum atomic E-state index is 11.9. The molecule has 1 aromatic heterocycles. The first kappa shape index (κ1) is 13.2. The topological polar surface area (TPSA) is 61.1 Å². The molecular weight excluding hydrogens is 276 g/mol. The number of hydrogen-bond donors (Lipinski definition) is 0. The van der Waals surface area contributed by atoms with Crippen LogP contribution < -0.4 is 5.69 Å². The van der Waals surface area contributed by atoms with Crippen molar-refractivity contribution in [3.05, 3.63) is 52.7 Å².